The van der Waals surface area contributed by atoms with Crippen LogP contribution in [0.4, 0.5) is 20.2 Å². The Morgan fingerprint density at radius 2 is 1.75 bits per heavy atom. The standard InChI is InChI=1S/C14H12F2N2O2/c15-9-1-4-11(5-2-9)20-8-14(19)18-13-7-10(16)3-6-12(13)17/h1-7H,8,17H2,(H,18,19). The molecule has 3 N–H and O–H groups in total. The normalized spacial score (nSPS) is 10.1. The Morgan fingerprint density at radius 3 is 2.45 bits per heavy atom. The molecule has 20 heavy (non-hydrogen) atoms. The molecule has 0 unspecified atom stereocenters. The van der Waals surface area contributed by atoms with E-state index in [0.717, 1.165) is 6.07 Å². The van der Waals surface area contributed by atoms with Crippen LogP contribution in [0.25, 0.3) is 0 Å². The third-order valence-corrected chi connectivity index (χ3v) is 2.47. The molecular formula is C14H12F2N2O2. The second kappa shape index (κ2) is 6.01. The highest BCUT2D eigenvalue weighted by Crippen LogP contribution is 2.19. The minimum atomic E-state index is -0.506. The molecule has 2 aromatic rings. The first-order valence-electron chi connectivity index (χ1n) is 5.78. The van der Waals surface area contributed by atoms with Crippen molar-refractivity contribution in [1.82, 2.24) is 0 Å². The van der Waals surface area contributed by atoms with E-state index >= 15 is 0 Å². The largest absolute Gasteiger partial charge is 0.484 e. The number of hydrogen-bond acceptors (Lipinski definition) is 3. The molecule has 0 spiro atoms. The van der Waals surface area contributed by atoms with Crippen molar-refractivity contribution >= 4 is 17.3 Å². The third kappa shape index (κ3) is 3.68. The first kappa shape index (κ1) is 13.8. The number of nitrogens with two attached hydrogens (primary N) is 1. The lowest BCUT2D eigenvalue weighted by Gasteiger charge is -2.09. The van der Waals surface area contributed by atoms with Crippen LogP contribution in [-0.2, 0) is 4.79 Å². The molecule has 0 bridgehead atoms. The van der Waals surface area contributed by atoms with Gasteiger partial charge in [0.25, 0.3) is 5.91 Å². The van der Waals surface area contributed by atoms with Crippen molar-refractivity contribution in [2.24, 2.45) is 0 Å². The van der Waals surface area contributed by atoms with Gasteiger partial charge in [0.2, 0.25) is 0 Å². The second-order valence-electron chi connectivity index (χ2n) is 4.02. The summed E-state index contributed by atoms with van der Waals surface area (Å²) >= 11 is 0. The van der Waals surface area contributed by atoms with Gasteiger partial charge in [-0.15, -0.1) is 0 Å². The summed E-state index contributed by atoms with van der Waals surface area (Å²) in [5, 5.41) is 2.43. The Kier molecular flexibility index (Phi) is 4.14. The molecule has 0 radical (unpaired) electrons. The molecule has 0 aromatic heterocycles. The number of carbonyl (C=O) groups is 1. The molecule has 1 amide bonds. The van der Waals surface area contributed by atoms with Gasteiger partial charge in [0, 0.05) is 0 Å². The molecule has 0 fully saturated rings. The van der Waals surface area contributed by atoms with Crippen molar-refractivity contribution in [3.05, 3.63) is 54.1 Å². The molecule has 104 valence electrons. The number of nitrogens with one attached hydrogen (secondary N) is 1. The maximum Gasteiger partial charge on any atom is 0.262 e. The van der Waals surface area contributed by atoms with Crippen molar-refractivity contribution in [3.8, 4) is 5.75 Å². The van der Waals surface area contributed by atoms with E-state index in [0.29, 0.717) is 5.75 Å². The van der Waals surface area contributed by atoms with Gasteiger partial charge in [-0.2, -0.15) is 0 Å². The number of halogens is 2. The predicted octanol–water partition coefficient (Wildman–Crippen LogP) is 2.56. The van der Waals surface area contributed by atoms with Crippen LogP contribution in [0.3, 0.4) is 0 Å². The predicted molar refractivity (Wildman–Crippen MR) is 71.3 cm³/mol. The lowest BCUT2D eigenvalue weighted by molar-refractivity contribution is -0.118. The molecule has 4 nitrogen and oxygen atoms in total. The quantitative estimate of drug-likeness (QED) is 0.845. The summed E-state index contributed by atoms with van der Waals surface area (Å²) in [6.45, 7) is -0.290. The fourth-order valence-electron chi connectivity index (χ4n) is 1.50. The van der Waals surface area contributed by atoms with Crippen LogP contribution in [0.15, 0.2) is 42.5 Å². The van der Waals surface area contributed by atoms with Crippen LogP contribution >= 0.6 is 0 Å². The van der Waals surface area contributed by atoms with Gasteiger partial charge in [0.1, 0.15) is 17.4 Å². The smallest absolute Gasteiger partial charge is 0.262 e. The zero-order valence-corrected chi connectivity index (χ0v) is 10.4. The molecule has 6 heteroatoms. The Hall–Kier alpha value is -2.63. The van der Waals surface area contributed by atoms with Gasteiger partial charge in [-0.05, 0) is 42.5 Å². The van der Waals surface area contributed by atoms with Crippen LogP contribution in [0.5, 0.6) is 5.75 Å². The van der Waals surface area contributed by atoms with Crippen LogP contribution < -0.4 is 15.8 Å². The van der Waals surface area contributed by atoms with E-state index in [4.69, 9.17) is 10.5 Å². The van der Waals surface area contributed by atoms with E-state index in [9.17, 15) is 13.6 Å². The summed E-state index contributed by atoms with van der Waals surface area (Å²) in [7, 11) is 0. The lowest BCUT2D eigenvalue weighted by atomic mass is 10.2. The van der Waals surface area contributed by atoms with Crippen molar-refractivity contribution in [1.29, 1.82) is 0 Å². The van der Waals surface area contributed by atoms with Crippen molar-refractivity contribution in [3.63, 3.8) is 0 Å². The van der Waals surface area contributed by atoms with Crippen molar-refractivity contribution < 1.29 is 18.3 Å². The second-order valence-corrected chi connectivity index (χ2v) is 4.02. The van der Waals surface area contributed by atoms with E-state index in [2.05, 4.69) is 5.32 Å². The number of benzene rings is 2. The van der Waals surface area contributed by atoms with Gasteiger partial charge in [-0.3, -0.25) is 4.79 Å². The zero-order chi connectivity index (χ0) is 14.5. The Labute approximate surface area is 114 Å². The Bertz CT molecular complexity index is 615. The molecule has 0 aliphatic carbocycles. The fourth-order valence-corrected chi connectivity index (χ4v) is 1.50. The number of carbonyl (C=O) groups excluding carboxylic acids is 1. The van der Waals surface area contributed by atoms with Crippen LogP contribution in [0.2, 0.25) is 0 Å². The number of hydrogen-bond donors (Lipinski definition) is 2. The number of ether oxygens (including phenoxy) is 1. The van der Waals surface area contributed by atoms with Gasteiger partial charge in [-0.25, -0.2) is 8.78 Å². The molecule has 0 saturated carbocycles. The highest BCUT2D eigenvalue weighted by molar-refractivity contribution is 5.94. The first-order valence-corrected chi connectivity index (χ1v) is 5.78. The molecular weight excluding hydrogens is 266 g/mol. The average molecular weight is 278 g/mol. The fraction of sp³-hybridized carbons (Fsp3) is 0.0714. The molecule has 0 heterocycles. The van der Waals surface area contributed by atoms with Gasteiger partial charge < -0.3 is 15.8 Å². The maximum atomic E-state index is 13.0. The summed E-state index contributed by atoms with van der Waals surface area (Å²) < 4.78 is 30.8. The minimum Gasteiger partial charge on any atom is -0.484 e. The lowest BCUT2D eigenvalue weighted by Crippen LogP contribution is -2.20. The molecule has 2 rings (SSSR count). The summed E-state index contributed by atoms with van der Waals surface area (Å²) in [5.74, 6) is -1.04. The summed E-state index contributed by atoms with van der Waals surface area (Å²) in [5.41, 5.74) is 6.03. The van der Waals surface area contributed by atoms with Gasteiger partial charge >= 0.3 is 0 Å². The highest BCUT2D eigenvalue weighted by atomic mass is 19.1. The minimum absolute atomic E-state index is 0.178. The molecule has 0 saturated heterocycles. The van der Waals surface area contributed by atoms with Crippen molar-refractivity contribution in [2.75, 3.05) is 17.7 Å². The maximum absolute atomic E-state index is 13.0. The van der Waals surface area contributed by atoms with Crippen LogP contribution in [0, 0.1) is 11.6 Å². The number of anilines is 2. The topological polar surface area (TPSA) is 64.3 Å². The highest BCUT2D eigenvalue weighted by Gasteiger charge is 2.07. The summed E-state index contributed by atoms with van der Waals surface area (Å²) in [6, 6.07) is 8.91. The summed E-state index contributed by atoms with van der Waals surface area (Å²) in [6.07, 6.45) is 0. The molecule has 2 aromatic carbocycles. The van der Waals surface area contributed by atoms with Crippen LogP contribution in [0.1, 0.15) is 0 Å². The van der Waals surface area contributed by atoms with Gasteiger partial charge in [0.15, 0.2) is 6.61 Å². The number of rotatable bonds is 4. The van der Waals surface area contributed by atoms with Crippen LogP contribution in [-0.4, -0.2) is 12.5 Å². The molecule has 0 aliphatic rings. The van der Waals surface area contributed by atoms with E-state index in [1.54, 1.807) is 0 Å². The number of nitrogen functional groups attached to an aromatic ring is 1. The first-order chi connectivity index (χ1) is 9.54. The third-order valence-electron chi connectivity index (χ3n) is 2.47. The summed E-state index contributed by atoms with van der Waals surface area (Å²) in [4.78, 5) is 11.6. The molecule has 0 atom stereocenters. The molecule has 0 aliphatic heterocycles. The van der Waals surface area contributed by atoms with Gasteiger partial charge in [0.05, 0.1) is 11.4 Å². The van der Waals surface area contributed by atoms with E-state index in [-0.39, 0.29) is 18.0 Å². The van der Waals surface area contributed by atoms with E-state index < -0.39 is 17.5 Å². The van der Waals surface area contributed by atoms with Gasteiger partial charge in [-0.1, -0.05) is 0 Å². The van der Waals surface area contributed by atoms with Crippen molar-refractivity contribution in [2.45, 2.75) is 0 Å². The average Bonchev–Trinajstić information content (AvgIpc) is 2.42. The SMILES string of the molecule is Nc1ccc(F)cc1NC(=O)COc1ccc(F)cc1. The van der Waals surface area contributed by atoms with E-state index in [1.807, 2.05) is 0 Å². The Morgan fingerprint density at radius 1 is 1.10 bits per heavy atom. The Balaban J connectivity index is 1.92. The van der Waals surface area contributed by atoms with E-state index in [1.165, 1.54) is 36.4 Å². The zero-order valence-electron chi connectivity index (χ0n) is 10.4. The monoisotopic (exact) mass is 278 g/mol. The number of amides is 1.